The fourth-order valence-corrected chi connectivity index (χ4v) is 4.94. The van der Waals surface area contributed by atoms with Gasteiger partial charge in [0, 0.05) is 29.3 Å². The predicted octanol–water partition coefficient (Wildman–Crippen LogP) is 5.13. The zero-order valence-electron chi connectivity index (χ0n) is 17.3. The predicted molar refractivity (Wildman–Crippen MR) is 118 cm³/mol. The maximum atomic E-state index is 13.4. The third-order valence-electron chi connectivity index (χ3n) is 6.25. The fraction of sp³-hybridized carbons (Fsp3) is 0.240. The smallest absolute Gasteiger partial charge is 0.262 e. The standard InChI is InChI=1S/C25H22N2O4/c1-25(2)12-17-22-16-6-4-3-5-14(16)7-9-18(22)26-24(23(17)21(29)13-25)15-8-10-20(28)19(11-15)27(30)31/h3-11,24,26,28H,12-13H2,1-2H3/p-1/t24-/m1/s1. The molecule has 2 aliphatic rings. The molecule has 5 rings (SSSR count). The monoisotopic (exact) mass is 413 g/mol. The van der Waals surface area contributed by atoms with Crippen LogP contribution in [0.5, 0.6) is 5.75 Å². The third-order valence-corrected chi connectivity index (χ3v) is 6.25. The van der Waals surface area contributed by atoms with Crippen LogP contribution in [0.1, 0.15) is 43.9 Å². The topological polar surface area (TPSA) is 95.3 Å². The number of ketones is 1. The molecule has 0 spiro atoms. The SMILES string of the molecule is CC1(C)CC(=O)C2=C(C1)c1c(ccc3ccccc13)N[C@@H]2c1ccc([O-])c([N+](=O)[O-])c1. The lowest BCUT2D eigenvalue weighted by Crippen LogP contribution is -2.33. The van der Waals surface area contributed by atoms with E-state index in [0.29, 0.717) is 17.6 Å². The Morgan fingerprint density at radius 3 is 2.61 bits per heavy atom. The number of nitro benzene ring substituents is 1. The summed E-state index contributed by atoms with van der Waals surface area (Å²) in [5, 5.41) is 28.9. The number of nitrogens with zero attached hydrogens (tertiary/aromatic N) is 1. The molecule has 6 heteroatoms. The van der Waals surface area contributed by atoms with Crippen LogP contribution in [0.4, 0.5) is 11.4 Å². The summed E-state index contributed by atoms with van der Waals surface area (Å²) in [7, 11) is 0. The Morgan fingerprint density at radius 1 is 1.06 bits per heavy atom. The summed E-state index contributed by atoms with van der Waals surface area (Å²) in [6.45, 7) is 4.18. The third kappa shape index (κ3) is 3.06. The molecule has 1 aliphatic carbocycles. The number of rotatable bonds is 2. The highest BCUT2D eigenvalue weighted by atomic mass is 16.6. The highest BCUT2D eigenvalue weighted by Crippen LogP contribution is 2.52. The molecule has 0 bridgehead atoms. The number of hydrogen-bond acceptors (Lipinski definition) is 5. The number of hydrogen-bond donors (Lipinski definition) is 1. The Balaban J connectivity index is 1.78. The van der Waals surface area contributed by atoms with Crippen molar-refractivity contribution < 1.29 is 14.8 Å². The number of allylic oxidation sites excluding steroid dienone is 1. The summed E-state index contributed by atoms with van der Waals surface area (Å²) in [5.74, 6) is -0.600. The van der Waals surface area contributed by atoms with Gasteiger partial charge in [0.2, 0.25) is 0 Å². The van der Waals surface area contributed by atoms with E-state index >= 15 is 0 Å². The molecule has 0 aromatic heterocycles. The van der Waals surface area contributed by atoms with Gasteiger partial charge < -0.3 is 10.4 Å². The number of anilines is 1. The number of nitro groups is 1. The van der Waals surface area contributed by atoms with Crippen LogP contribution in [0.15, 0.2) is 60.2 Å². The molecular weight excluding hydrogens is 392 g/mol. The van der Waals surface area contributed by atoms with Gasteiger partial charge in [-0.05, 0) is 45.6 Å². The molecule has 3 aromatic rings. The van der Waals surface area contributed by atoms with E-state index in [0.717, 1.165) is 34.0 Å². The quantitative estimate of drug-likeness (QED) is 0.464. The summed E-state index contributed by atoms with van der Waals surface area (Å²) in [5.41, 5.74) is 3.45. The Hall–Kier alpha value is -3.67. The van der Waals surface area contributed by atoms with E-state index in [1.807, 2.05) is 30.3 Å². The number of benzene rings is 3. The van der Waals surface area contributed by atoms with E-state index < -0.39 is 22.4 Å². The average molecular weight is 413 g/mol. The van der Waals surface area contributed by atoms with Gasteiger partial charge in [0.15, 0.2) is 5.78 Å². The first kappa shape index (κ1) is 19.3. The maximum Gasteiger partial charge on any atom is 0.262 e. The highest BCUT2D eigenvalue weighted by molar-refractivity contribution is 6.12. The van der Waals surface area contributed by atoms with Crippen molar-refractivity contribution in [1.29, 1.82) is 0 Å². The van der Waals surface area contributed by atoms with Gasteiger partial charge in [0.1, 0.15) is 0 Å². The molecule has 0 fully saturated rings. The zero-order chi connectivity index (χ0) is 21.9. The lowest BCUT2D eigenvalue weighted by Gasteiger charge is -2.40. The van der Waals surface area contributed by atoms with Crippen molar-refractivity contribution in [1.82, 2.24) is 0 Å². The lowest BCUT2D eigenvalue weighted by atomic mass is 9.68. The van der Waals surface area contributed by atoms with Gasteiger partial charge in [0.05, 0.1) is 11.0 Å². The van der Waals surface area contributed by atoms with Crippen LogP contribution >= 0.6 is 0 Å². The molecule has 1 heterocycles. The van der Waals surface area contributed by atoms with Gasteiger partial charge in [-0.15, -0.1) is 0 Å². The Labute approximate surface area is 179 Å². The van der Waals surface area contributed by atoms with Gasteiger partial charge in [-0.1, -0.05) is 56.3 Å². The largest absolute Gasteiger partial charge is 0.868 e. The molecule has 0 saturated carbocycles. The molecule has 0 radical (unpaired) electrons. The molecule has 1 atom stereocenters. The first-order valence-electron chi connectivity index (χ1n) is 10.3. The molecule has 1 N–H and O–H groups in total. The number of carbonyl (C=O) groups is 1. The van der Waals surface area contributed by atoms with Crippen LogP contribution in [0, 0.1) is 15.5 Å². The summed E-state index contributed by atoms with van der Waals surface area (Å²) < 4.78 is 0. The molecule has 1 aliphatic heterocycles. The second-order valence-electron chi connectivity index (χ2n) is 9.10. The van der Waals surface area contributed by atoms with Crippen LogP contribution in [0.25, 0.3) is 16.3 Å². The van der Waals surface area contributed by atoms with Gasteiger partial charge in [-0.25, -0.2) is 0 Å². The second-order valence-corrected chi connectivity index (χ2v) is 9.10. The average Bonchev–Trinajstić information content (AvgIpc) is 2.72. The van der Waals surface area contributed by atoms with Crippen molar-refractivity contribution in [3.63, 3.8) is 0 Å². The molecule has 6 nitrogen and oxygen atoms in total. The number of Topliss-reactive ketones (excluding diaryl/α,β-unsaturated/α-hetero) is 1. The number of fused-ring (bicyclic) bond motifs is 4. The van der Waals surface area contributed by atoms with Crippen LogP contribution in [-0.2, 0) is 4.79 Å². The van der Waals surface area contributed by atoms with Crippen LogP contribution in [0.2, 0.25) is 0 Å². The minimum Gasteiger partial charge on any atom is -0.868 e. The first-order valence-corrected chi connectivity index (χ1v) is 10.3. The second kappa shape index (κ2) is 6.67. The van der Waals surface area contributed by atoms with E-state index in [4.69, 9.17) is 0 Å². The van der Waals surface area contributed by atoms with Crippen molar-refractivity contribution in [3.8, 4) is 5.75 Å². The van der Waals surface area contributed by atoms with Crippen molar-refractivity contribution >= 4 is 33.5 Å². The molecule has 3 aromatic carbocycles. The van der Waals surface area contributed by atoms with Gasteiger partial charge in [-0.3, -0.25) is 14.9 Å². The molecule has 0 saturated heterocycles. The summed E-state index contributed by atoms with van der Waals surface area (Å²) in [6, 6.07) is 15.7. The van der Waals surface area contributed by atoms with Crippen molar-refractivity contribution in [3.05, 3.63) is 81.4 Å². The lowest BCUT2D eigenvalue weighted by molar-refractivity contribution is -0.398. The van der Waals surface area contributed by atoms with E-state index in [9.17, 15) is 20.0 Å². The van der Waals surface area contributed by atoms with Gasteiger partial charge in [-0.2, -0.15) is 0 Å². The first-order chi connectivity index (χ1) is 14.7. The normalized spacial score (nSPS) is 19.5. The van der Waals surface area contributed by atoms with Crippen molar-refractivity contribution in [2.45, 2.75) is 32.7 Å². The minimum absolute atomic E-state index is 0.0381. The van der Waals surface area contributed by atoms with Crippen LogP contribution < -0.4 is 10.4 Å². The zero-order valence-corrected chi connectivity index (χ0v) is 17.3. The minimum atomic E-state index is -0.669. The number of carbonyl (C=O) groups excluding carboxylic acids is 1. The molecular formula is C25H21N2O4-. The molecule has 0 unspecified atom stereocenters. The van der Waals surface area contributed by atoms with Gasteiger partial charge in [0.25, 0.3) is 5.69 Å². The van der Waals surface area contributed by atoms with E-state index in [1.54, 1.807) is 6.07 Å². The van der Waals surface area contributed by atoms with Crippen LogP contribution in [0.3, 0.4) is 0 Å². The summed E-state index contributed by atoms with van der Waals surface area (Å²) in [6.07, 6.45) is 1.14. The summed E-state index contributed by atoms with van der Waals surface area (Å²) in [4.78, 5) is 24.0. The van der Waals surface area contributed by atoms with E-state index in [-0.39, 0.29) is 11.2 Å². The number of nitrogens with one attached hydrogen (secondary N) is 1. The van der Waals surface area contributed by atoms with Crippen LogP contribution in [-0.4, -0.2) is 10.7 Å². The molecule has 156 valence electrons. The van der Waals surface area contributed by atoms with E-state index in [1.165, 1.54) is 12.1 Å². The fourth-order valence-electron chi connectivity index (χ4n) is 4.94. The molecule has 31 heavy (non-hydrogen) atoms. The Morgan fingerprint density at radius 2 is 1.84 bits per heavy atom. The van der Waals surface area contributed by atoms with Gasteiger partial charge >= 0.3 is 0 Å². The summed E-state index contributed by atoms with van der Waals surface area (Å²) >= 11 is 0. The van der Waals surface area contributed by atoms with E-state index in [2.05, 4.69) is 25.2 Å². The Kier molecular flexibility index (Phi) is 4.15. The Bertz CT molecular complexity index is 1310. The van der Waals surface area contributed by atoms with Crippen molar-refractivity contribution in [2.75, 3.05) is 5.32 Å². The highest BCUT2D eigenvalue weighted by Gasteiger charge is 2.41. The van der Waals surface area contributed by atoms with Crippen molar-refractivity contribution in [2.24, 2.45) is 5.41 Å². The molecule has 0 amide bonds. The maximum absolute atomic E-state index is 13.4.